The summed E-state index contributed by atoms with van der Waals surface area (Å²) in [5.41, 5.74) is 1.90. The lowest BCUT2D eigenvalue weighted by Gasteiger charge is -2.09. The fourth-order valence-electron chi connectivity index (χ4n) is 1.79. The first kappa shape index (κ1) is 13.9. The monoisotopic (exact) mass is 271 g/mol. The van der Waals surface area contributed by atoms with Crippen LogP contribution in [-0.4, -0.2) is 7.11 Å². The summed E-state index contributed by atoms with van der Waals surface area (Å²) in [7, 11) is 1.52. The van der Waals surface area contributed by atoms with Crippen LogP contribution in [0.2, 0.25) is 0 Å². The lowest BCUT2D eigenvalue weighted by molar-refractivity contribution is 0.304. The Morgan fingerprint density at radius 1 is 1.20 bits per heavy atom. The molecule has 0 aliphatic carbocycles. The third kappa shape index (κ3) is 3.07. The van der Waals surface area contributed by atoms with Gasteiger partial charge in [-0.05, 0) is 48.4 Å². The van der Waals surface area contributed by atoms with Gasteiger partial charge in [0.15, 0.2) is 0 Å². The van der Waals surface area contributed by atoms with Crippen LogP contribution in [0.1, 0.15) is 16.7 Å². The molecule has 4 heteroatoms. The van der Waals surface area contributed by atoms with E-state index in [-0.39, 0.29) is 5.82 Å². The highest BCUT2D eigenvalue weighted by Crippen LogP contribution is 2.21. The van der Waals surface area contributed by atoms with Gasteiger partial charge in [-0.25, -0.2) is 4.39 Å². The SMILES string of the molecule is COc1cc(COc2ccc(F)c(C)c2)ccc1C#N. The van der Waals surface area contributed by atoms with Crippen LogP contribution in [0, 0.1) is 24.1 Å². The number of benzene rings is 2. The van der Waals surface area contributed by atoms with E-state index in [4.69, 9.17) is 14.7 Å². The molecule has 102 valence electrons. The molecule has 0 saturated carbocycles. The first-order chi connectivity index (χ1) is 9.63. The van der Waals surface area contributed by atoms with Crippen LogP contribution in [-0.2, 0) is 6.61 Å². The molecule has 2 aromatic rings. The summed E-state index contributed by atoms with van der Waals surface area (Å²) in [5.74, 6) is 0.869. The van der Waals surface area contributed by atoms with E-state index in [0.717, 1.165) is 5.56 Å². The van der Waals surface area contributed by atoms with Crippen molar-refractivity contribution < 1.29 is 13.9 Å². The number of aryl methyl sites for hydroxylation is 1. The number of ether oxygens (including phenoxy) is 2. The number of hydrogen-bond donors (Lipinski definition) is 0. The summed E-state index contributed by atoms with van der Waals surface area (Å²) >= 11 is 0. The second kappa shape index (κ2) is 6.07. The highest BCUT2D eigenvalue weighted by Gasteiger charge is 2.05. The van der Waals surface area contributed by atoms with Crippen molar-refractivity contribution in [3.63, 3.8) is 0 Å². The number of methoxy groups -OCH3 is 1. The molecule has 2 aromatic carbocycles. The Morgan fingerprint density at radius 2 is 2.00 bits per heavy atom. The predicted molar refractivity (Wildman–Crippen MR) is 73.2 cm³/mol. The molecule has 0 aliphatic rings. The molecule has 0 aromatic heterocycles. The molecule has 0 bridgehead atoms. The lowest BCUT2D eigenvalue weighted by atomic mass is 10.1. The van der Waals surface area contributed by atoms with Crippen LogP contribution in [0.3, 0.4) is 0 Å². The molecule has 0 heterocycles. The molecular weight excluding hydrogens is 257 g/mol. The quantitative estimate of drug-likeness (QED) is 0.853. The van der Waals surface area contributed by atoms with E-state index in [1.165, 1.54) is 13.2 Å². The van der Waals surface area contributed by atoms with Gasteiger partial charge in [0.1, 0.15) is 30.0 Å². The maximum absolute atomic E-state index is 13.1. The number of rotatable bonds is 4. The highest BCUT2D eigenvalue weighted by molar-refractivity contribution is 5.45. The minimum absolute atomic E-state index is 0.252. The summed E-state index contributed by atoms with van der Waals surface area (Å²) in [4.78, 5) is 0. The predicted octanol–water partition coefficient (Wildman–Crippen LogP) is 3.59. The first-order valence-electron chi connectivity index (χ1n) is 6.10. The molecule has 3 nitrogen and oxygen atoms in total. The maximum atomic E-state index is 13.1. The Balaban J connectivity index is 2.11. The fourth-order valence-corrected chi connectivity index (χ4v) is 1.79. The molecule has 20 heavy (non-hydrogen) atoms. The Hall–Kier alpha value is -2.54. The summed E-state index contributed by atoms with van der Waals surface area (Å²) in [6, 6.07) is 11.9. The fraction of sp³-hybridized carbons (Fsp3) is 0.188. The van der Waals surface area contributed by atoms with Crippen LogP contribution in [0.25, 0.3) is 0 Å². The topological polar surface area (TPSA) is 42.2 Å². The molecule has 0 spiro atoms. The lowest BCUT2D eigenvalue weighted by Crippen LogP contribution is -1.98. The number of halogens is 1. The second-order valence-electron chi connectivity index (χ2n) is 4.35. The largest absolute Gasteiger partial charge is 0.495 e. The number of hydrogen-bond acceptors (Lipinski definition) is 3. The van der Waals surface area contributed by atoms with E-state index >= 15 is 0 Å². The maximum Gasteiger partial charge on any atom is 0.137 e. The summed E-state index contributed by atoms with van der Waals surface area (Å²) in [6.45, 7) is 2.01. The van der Waals surface area contributed by atoms with Gasteiger partial charge in [-0.3, -0.25) is 0 Å². The molecule has 0 atom stereocenters. The zero-order valence-corrected chi connectivity index (χ0v) is 11.3. The van der Waals surface area contributed by atoms with Crippen molar-refractivity contribution in [2.24, 2.45) is 0 Å². The van der Waals surface area contributed by atoms with Gasteiger partial charge in [0.2, 0.25) is 0 Å². The van der Waals surface area contributed by atoms with Crippen molar-refractivity contribution in [2.75, 3.05) is 7.11 Å². The second-order valence-corrected chi connectivity index (χ2v) is 4.35. The van der Waals surface area contributed by atoms with Crippen molar-refractivity contribution in [1.29, 1.82) is 5.26 Å². The average Bonchev–Trinajstić information content (AvgIpc) is 2.48. The smallest absolute Gasteiger partial charge is 0.137 e. The molecule has 0 fully saturated rings. The minimum Gasteiger partial charge on any atom is -0.495 e. The van der Waals surface area contributed by atoms with Crippen LogP contribution in [0.15, 0.2) is 36.4 Å². The van der Waals surface area contributed by atoms with Gasteiger partial charge in [0.05, 0.1) is 12.7 Å². The highest BCUT2D eigenvalue weighted by atomic mass is 19.1. The molecule has 0 amide bonds. The molecule has 0 aliphatic heterocycles. The van der Waals surface area contributed by atoms with Crippen molar-refractivity contribution in [3.05, 3.63) is 58.9 Å². The third-order valence-electron chi connectivity index (χ3n) is 2.92. The minimum atomic E-state index is -0.252. The van der Waals surface area contributed by atoms with Gasteiger partial charge in [-0.1, -0.05) is 6.07 Å². The van der Waals surface area contributed by atoms with Gasteiger partial charge in [0.25, 0.3) is 0 Å². The Bertz CT molecular complexity index is 662. The van der Waals surface area contributed by atoms with Crippen molar-refractivity contribution in [1.82, 2.24) is 0 Å². The van der Waals surface area contributed by atoms with Crippen molar-refractivity contribution in [2.45, 2.75) is 13.5 Å². The van der Waals surface area contributed by atoms with Gasteiger partial charge < -0.3 is 9.47 Å². The summed E-state index contributed by atoms with van der Waals surface area (Å²) in [6.07, 6.45) is 0. The Kier molecular flexibility index (Phi) is 4.21. The summed E-state index contributed by atoms with van der Waals surface area (Å²) < 4.78 is 23.9. The number of nitrogens with zero attached hydrogens (tertiary/aromatic N) is 1. The van der Waals surface area contributed by atoms with E-state index in [0.29, 0.717) is 29.2 Å². The van der Waals surface area contributed by atoms with Gasteiger partial charge in [-0.2, -0.15) is 5.26 Å². The van der Waals surface area contributed by atoms with E-state index in [2.05, 4.69) is 6.07 Å². The molecule has 0 saturated heterocycles. The Morgan fingerprint density at radius 3 is 2.65 bits per heavy atom. The van der Waals surface area contributed by atoms with Crippen LogP contribution in [0.4, 0.5) is 4.39 Å². The molecule has 2 rings (SSSR count). The van der Waals surface area contributed by atoms with Crippen molar-refractivity contribution in [3.8, 4) is 17.6 Å². The van der Waals surface area contributed by atoms with E-state index in [1.807, 2.05) is 0 Å². The van der Waals surface area contributed by atoms with Gasteiger partial charge in [0, 0.05) is 0 Å². The van der Waals surface area contributed by atoms with E-state index in [9.17, 15) is 4.39 Å². The molecular formula is C16H14FNO2. The van der Waals surface area contributed by atoms with Crippen LogP contribution < -0.4 is 9.47 Å². The molecule has 0 radical (unpaired) electrons. The standard InChI is InChI=1S/C16H14FNO2/c1-11-7-14(5-6-15(11)17)20-10-12-3-4-13(9-18)16(8-12)19-2/h3-8H,10H2,1-2H3. The zero-order valence-electron chi connectivity index (χ0n) is 11.3. The zero-order chi connectivity index (χ0) is 14.5. The van der Waals surface area contributed by atoms with E-state index in [1.54, 1.807) is 37.3 Å². The van der Waals surface area contributed by atoms with Crippen LogP contribution >= 0.6 is 0 Å². The van der Waals surface area contributed by atoms with Crippen LogP contribution in [0.5, 0.6) is 11.5 Å². The third-order valence-corrected chi connectivity index (χ3v) is 2.92. The Labute approximate surface area is 117 Å². The van der Waals surface area contributed by atoms with Gasteiger partial charge in [-0.15, -0.1) is 0 Å². The van der Waals surface area contributed by atoms with E-state index < -0.39 is 0 Å². The molecule has 0 unspecified atom stereocenters. The normalized spacial score (nSPS) is 9.90. The first-order valence-corrected chi connectivity index (χ1v) is 6.10. The van der Waals surface area contributed by atoms with Crippen molar-refractivity contribution >= 4 is 0 Å². The molecule has 0 N–H and O–H groups in total. The van der Waals surface area contributed by atoms with Gasteiger partial charge >= 0.3 is 0 Å². The summed E-state index contributed by atoms with van der Waals surface area (Å²) in [5, 5.41) is 8.91. The number of nitriles is 1. The average molecular weight is 271 g/mol.